The standard InChI is InChI=1S/C26H26FN3O4S/c27-23-14-19(6-8-24(23)29-9-11-34-12-10-29)28-26(31)25-21-15-30(16-22(21)25)35(32,33)20-7-5-17-3-1-2-4-18(17)13-20/h1-8,13-14,21-22,25H,9-12,15-16H2,(H,28,31). The highest BCUT2D eigenvalue weighted by molar-refractivity contribution is 7.89. The van der Waals surface area contributed by atoms with Crippen LogP contribution in [0.15, 0.2) is 65.6 Å². The van der Waals surface area contributed by atoms with E-state index in [2.05, 4.69) is 5.32 Å². The largest absolute Gasteiger partial charge is 0.378 e. The fraction of sp³-hybridized carbons (Fsp3) is 0.346. The van der Waals surface area contributed by atoms with Crippen molar-refractivity contribution in [2.45, 2.75) is 4.90 Å². The number of amides is 1. The zero-order valence-corrected chi connectivity index (χ0v) is 19.9. The van der Waals surface area contributed by atoms with Crippen LogP contribution in [0.4, 0.5) is 15.8 Å². The van der Waals surface area contributed by atoms with Gasteiger partial charge >= 0.3 is 0 Å². The lowest BCUT2D eigenvalue weighted by Crippen LogP contribution is -2.36. The van der Waals surface area contributed by atoms with Crippen LogP contribution >= 0.6 is 0 Å². The third kappa shape index (κ3) is 4.07. The summed E-state index contributed by atoms with van der Waals surface area (Å²) < 4.78 is 47.8. The Kier molecular flexibility index (Phi) is 5.51. The lowest BCUT2D eigenvalue weighted by atomic mass is 10.1. The molecule has 3 fully saturated rings. The second kappa shape index (κ2) is 8.58. The van der Waals surface area contributed by atoms with Crippen molar-refractivity contribution in [2.24, 2.45) is 17.8 Å². The molecule has 3 aromatic carbocycles. The van der Waals surface area contributed by atoms with Crippen molar-refractivity contribution in [3.8, 4) is 0 Å². The number of benzene rings is 3. The third-order valence-electron chi connectivity index (χ3n) is 7.39. The molecule has 0 aromatic heterocycles. The normalized spacial score (nSPS) is 24.4. The van der Waals surface area contributed by atoms with Gasteiger partial charge in [-0.2, -0.15) is 4.31 Å². The van der Waals surface area contributed by atoms with Gasteiger partial charge in [-0.15, -0.1) is 0 Å². The maximum absolute atomic E-state index is 14.7. The number of morpholine rings is 1. The molecule has 2 saturated heterocycles. The van der Waals surface area contributed by atoms with Gasteiger partial charge in [0, 0.05) is 37.8 Å². The highest BCUT2D eigenvalue weighted by Gasteiger charge is 2.61. The van der Waals surface area contributed by atoms with Gasteiger partial charge in [-0.05, 0) is 52.9 Å². The number of hydrogen-bond acceptors (Lipinski definition) is 5. The summed E-state index contributed by atoms with van der Waals surface area (Å²) in [7, 11) is -3.62. The first-order valence-corrected chi connectivity index (χ1v) is 13.3. The summed E-state index contributed by atoms with van der Waals surface area (Å²) in [4.78, 5) is 15.0. The van der Waals surface area contributed by atoms with Crippen LogP contribution in [-0.2, 0) is 19.6 Å². The molecule has 35 heavy (non-hydrogen) atoms. The van der Waals surface area contributed by atoms with Gasteiger partial charge in [0.15, 0.2) is 0 Å². The minimum atomic E-state index is -3.62. The number of hydrogen-bond donors (Lipinski definition) is 1. The van der Waals surface area contributed by atoms with Crippen LogP contribution in [0.5, 0.6) is 0 Å². The van der Waals surface area contributed by atoms with Gasteiger partial charge in [0.2, 0.25) is 15.9 Å². The van der Waals surface area contributed by atoms with Gasteiger partial charge in [0.1, 0.15) is 5.82 Å². The molecule has 1 aliphatic carbocycles. The molecule has 3 aliphatic rings. The maximum Gasteiger partial charge on any atom is 0.243 e. The second-order valence-corrected chi connectivity index (χ2v) is 11.4. The first-order chi connectivity index (χ1) is 16.9. The molecule has 2 heterocycles. The Labute approximate surface area is 203 Å². The van der Waals surface area contributed by atoms with Crippen molar-refractivity contribution in [1.82, 2.24) is 4.31 Å². The summed E-state index contributed by atoms with van der Waals surface area (Å²) in [6.07, 6.45) is 0. The van der Waals surface area contributed by atoms with E-state index in [1.165, 1.54) is 10.4 Å². The lowest BCUT2D eigenvalue weighted by molar-refractivity contribution is -0.118. The van der Waals surface area contributed by atoms with E-state index in [9.17, 15) is 17.6 Å². The van der Waals surface area contributed by atoms with E-state index in [1.54, 1.807) is 24.3 Å². The van der Waals surface area contributed by atoms with Crippen LogP contribution in [0.1, 0.15) is 0 Å². The van der Waals surface area contributed by atoms with Gasteiger partial charge in [-0.3, -0.25) is 4.79 Å². The van der Waals surface area contributed by atoms with Crippen molar-refractivity contribution in [3.05, 3.63) is 66.5 Å². The van der Waals surface area contributed by atoms with E-state index >= 15 is 0 Å². The van der Waals surface area contributed by atoms with Gasteiger partial charge in [0.05, 0.1) is 23.8 Å². The number of carbonyl (C=O) groups is 1. The number of rotatable bonds is 5. The van der Waals surface area contributed by atoms with Crippen LogP contribution in [0.3, 0.4) is 0 Å². The Hall–Kier alpha value is -3.01. The smallest absolute Gasteiger partial charge is 0.243 e. The Morgan fingerprint density at radius 2 is 1.66 bits per heavy atom. The summed E-state index contributed by atoms with van der Waals surface area (Å²) in [5.74, 6) is -0.833. The molecular weight excluding hydrogens is 469 g/mol. The summed E-state index contributed by atoms with van der Waals surface area (Å²) in [5.41, 5.74) is 0.916. The summed E-state index contributed by atoms with van der Waals surface area (Å²) in [5, 5.41) is 4.68. The van der Waals surface area contributed by atoms with E-state index in [1.807, 2.05) is 35.2 Å². The second-order valence-electron chi connectivity index (χ2n) is 9.44. The minimum absolute atomic E-state index is 0.0114. The van der Waals surface area contributed by atoms with Crippen LogP contribution in [0.25, 0.3) is 10.8 Å². The van der Waals surface area contributed by atoms with Crippen LogP contribution < -0.4 is 10.2 Å². The molecular formula is C26H26FN3O4S. The lowest BCUT2D eigenvalue weighted by Gasteiger charge is -2.29. The Morgan fingerprint density at radius 3 is 2.37 bits per heavy atom. The highest BCUT2D eigenvalue weighted by Crippen LogP contribution is 2.53. The number of piperidine rings is 1. The van der Waals surface area contributed by atoms with Crippen LogP contribution in [0.2, 0.25) is 0 Å². The molecule has 182 valence electrons. The first-order valence-electron chi connectivity index (χ1n) is 11.8. The van der Waals surface area contributed by atoms with Gasteiger partial charge in [-0.25, -0.2) is 12.8 Å². The number of sulfonamides is 1. The van der Waals surface area contributed by atoms with E-state index in [0.717, 1.165) is 10.8 Å². The highest BCUT2D eigenvalue weighted by atomic mass is 32.2. The van der Waals surface area contributed by atoms with Gasteiger partial charge in [0.25, 0.3) is 0 Å². The minimum Gasteiger partial charge on any atom is -0.378 e. The van der Waals surface area contributed by atoms with Crippen LogP contribution in [0, 0.1) is 23.6 Å². The molecule has 0 bridgehead atoms. The number of halogens is 1. The van der Waals surface area contributed by atoms with Crippen molar-refractivity contribution in [3.63, 3.8) is 0 Å². The molecule has 7 nitrogen and oxygen atoms in total. The third-order valence-corrected chi connectivity index (χ3v) is 9.22. The van der Waals surface area contributed by atoms with Crippen LogP contribution in [-0.4, -0.2) is 58.0 Å². The Morgan fingerprint density at radius 1 is 0.943 bits per heavy atom. The maximum atomic E-state index is 14.7. The monoisotopic (exact) mass is 495 g/mol. The molecule has 2 aliphatic heterocycles. The molecule has 0 radical (unpaired) electrons. The quantitative estimate of drug-likeness (QED) is 0.588. The molecule has 1 amide bonds. The first kappa shape index (κ1) is 22.5. The van der Waals surface area contributed by atoms with Gasteiger partial charge < -0.3 is 15.0 Å². The predicted molar refractivity (Wildman–Crippen MR) is 131 cm³/mol. The van der Waals surface area contributed by atoms with E-state index < -0.39 is 10.0 Å². The molecule has 1 N–H and O–H groups in total. The fourth-order valence-corrected chi connectivity index (χ4v) is 6.97. The average molecular weight is 496 g/mol. The molecule has 3 aromatic rings. The number of carbonyl (C=O) groups excluding carboxylic acids is 1. The summed E-state index contributed by atoms with van der Waals surface area (Å²) in [6, 6.07) is 17.5. The zero-order chi connectivity index (χ0) is 24.2. The topological polar surface area (TPSA) is 79.0 Å². The Bertz CT molecular complexity index is 1390. The number of ether oxygens (including phenoxy) is 1. The number of fused-ring (bicyclic) bond motifs is 2. The predicted octanol–water partition coefficient (Wildman–Crippen LogP) is 3.32. The summed E-state index contributed by atoms with van der Waals surface area (Å²) in [6.45, 7) is 3.04. The summed E-state index contributed by atoms with van der Waals surface area (Å²) >= 11 is 0. The number of anilines is 2. The molecule has 9 heteroatoms. The zero-order valence-electron chi connectivity index (χ0n) is 19.1. The molecule has 2 atom stereocenters. The molecule has 0 spiro atoms. The van der Waals surface area contributed by atoms with Crippen molar-refractivity contribution >= 4 is 38.1 Å². The molecule has 1 saturated carbocycles. The fourth-order valence-electron chi connectivity index (χ4n) is 5.42. The van der Waals surface area contributed by atoms with E-state index in [0.29, 0.717) is 50.8 Å². The Balaban J connectivity index is 1.09. The number of nitrogens with one attached hydrogen (secondary N) is 1. The average Bonchev–Trinajstić information content (AvgIpc) is 3.37. The van der Waals surface area contributed by atoms with Crippen molar-refractivity contribution in [2.75, 3.05) is 49.6 Å². The van der Waals surface area contributed by atoms with E-state index in [-0.39, 0.29) is 34.4 Å². The van der Waals surface area contributed by atoms with Gasteiger partial charge in [-0.1, -0.05) is 30.3 Å². The molecule has 6 rings (SSSR count). The number of nitrogens with zero attached hydrogens (tertiary/aromatic N) is 2. The van der Waals surface area contributed by atoms with E-state index in [4.69, 9.17) is 4.74 Å². The van der Waals surface area contributed by atoms with Crippen molar-refractivity contribution < 1.29 is 22.3 Å². The SMILES string of the molecule is O=C(Nc1ccc(N2CCOCC2)c(F)c1)C1C2CN(S(=O)(=O)c3ccc4ccccc4c3)CC21. The molecule has 2 unspecified atom stereocenters. The van der Waals surface area contributed by atoms with Crippen molar-refractivity contribution in [1.29, 1.82) is 0 Å².